The Bertz CT molecular complexity index is 594. The molecule has 0 amide bonds. The standard InChI is InChI=1S/C13H15Cl2N3O2/c1-13(2,19)12-8-18(17-16-12)5-6-20-11-4-3-9(14)7-10(11)15/h3-4,7-8,19H,5-6H2,1-2H3. The highest BCUT2D eigenvalue weighted by molar-refractivity contribution is 6.35. The van der Waals surface area contributed by atoms with Crippen molar-refractivity contribution in [3.63, 3.8) is 0 Å². The van der Waals surface area contributed by atoms with Crippen molar-refractivity contribution in [2.45, 2.75) is 26.0 Å². The summed E-state index contributed by atoms with van der Waals surface area (Å²) in [4.78, 5) is 0. The molecule has 20 heavy (non-hydrogen) atoms. The molecule has 0 radical (unpaired) electrons. The fraction of sp³-hybridized carbons (Fsp3) is 0.385. The third-order valence-electron chi connectivity index (χ3n) is 2.64. The van der Waals surface area contributed by atoms with Gasteiger partial charge in [0.05, 0.1) is 17.8 Å². The van der Waals surface area contributed by atoms with Gasteiger partial charge in [0.2, 0.25) is 0 Å². The van der Waals surface area contributed by atoms with Gasteiger partial charge in [-0.2, -0.15) is 0 Å². The zero-order valence-corrected chi connectivity index (χ0v) is 12.7. The van der Waals surface area contributed by atoms with Crippen molar-refractivity contribution in [2.75, 3.05) is 6.61 Å². The Kier molecular flexibility index (Phi) is 4.52. The number of hydrogen-bond donors (Lipinski definition) is 1. The predicted octanol–water partition coefficient (Wildman–Crippen LogP) is 2.89. The lowest BCUT2D eigenvalue weighted by Gasteiger charge is -2.12. The fourth-order valence-corrected chi connectivity index (χ4v) is 1.99. The molecule has 2 aromatic rings. The molecule has 0 fully saturated rings. The number of rotatable bonds is 5. The predicted molar refractivity (Wildman–Crippen MR) is 77.2 cm³/mol. The number of benzene rings is 1. The average molecular weight is 316 g/mol. The van der Waals surface area contributed by atoms with E-state index >= 15 is 0 Å². The summed E-state index contributed by atoms with van der Waals surface area (Å²) in [5.41, 5.74) is -0.486. The number of aromatic nitrogens is 3. The molecular formula is C13H15Cl2N3O2. The highest BCUT2D eigenvalue weighted by Gasteiger charge is 2.19. The summed E-state index contributed by atoms with van der Waals surface area (Å²) in [6, 6.07) is 5.05. The zero-order chi connectivity index (χ0) is 14.8. The number of aliphatic hydroxyl groups is 1. The Morgan fingerprint density at radius 2 is 2.10 bits per heavy atom. The van der Waals surface area contributed by atoms with Gasteiger partial charge in [0.15, 0.2) is 0 Å². The zero-order valence-electron chi connectivity index (χ0n) is 11.2. The highest BCUT2D eigenvalue weighted by Crippen LogP contribution is 2.27. The van der Waals surface area contributed by atoms with Crippen LogP contribution in [0.15, 0.2) is 24.4 Å². The molecule has 1 heterocycles. The lowest BCUT2D eigenvalue weighted by Crippen LogP contribution is -2.16. The minimum atomic E-state index is -1.00. The van der Waals surface area contributed by atoms with E-state index in [9.17, 15) is 5.11 Å². The maximum Gasteiger partial charge on any atom is 0.138 e. The number of halogens is 2. The first-order valence-electron chi connectivity index (χ1n) is 6.07. The second-order valence-corrected chi connectivity index (χ2v) is 5.69. The van der Waals surface area contributed by atoms with Crippen molar-refractivity contribution in [3.8, 4) is 5.75 Å². The van der Waals surface area contributed by atoms with Crippen molar-refractivity contribution in [3.05, 3.63) is 40.1 Å². The van der Waals surface area contributed by atoms with E-state index in [4.69, 9.17) is 27.9 Å². The largest absolute Gasteiger partial charge is 0.490 e. The van der Waals surface area contributed by atoms with E-state index in [2.05, 4.69) is 10.3 Å². The Hall–Kier alpha value is -1.30. The molecule has 0 aliphatic heterocycles. The summed E-state index contributed by atoms with van der Waals surface area (Å²) < 4.78 is 7.16. The minimum Gasteiger partial charge on any atom is -0.490 e. The van der Waals surface area contributed by atoms with Gasteiger partial charge in [0.25, 0.3) is 0 Å². The van der Waals surface area contributed by atoms with E-state index in [1.54, 1.807) is 42.9 Å². The van der Waals surface area contributed by atoms with Crippen molar-refractivity contribution in [1.82, 2.24) is 15.0 Å². The van der Waals surface area contributed by atoms with Gasteiger partial charge in [-0.15, -0.1) is 5.10 Å². The van der Waals surface area contributed by atoms with Crippen LogP contribution in [0.5, 0.6) is 5.75 Å². The molecule has 0 unspecified atom stereocenters. The van der Waals surface area contributed by atoms with Gasteiger partial charge in [-0.1, -0.05) is 28.4 Å². The second-order valence-electron chi connectivity index (χ2n) is 4.85. The van der Waals surface area contributed by atoms with Crippen molar-refractivity contribution in [2.24, 2.45) is 0 Å². The van der Waals surface area contributed by atoms with Crippen LogP contribution in [0.1, 0.15) is 19.5 Å². The van der Waals surface area contributed by atoms with Crippen LogP contribution in [0, 0.1) is 0 Å². The number of nitrogens with zero attached hydrogens (tertiary/aromatic N) is 3. The molecule has 0 spiro atoms. The van der Waals surface area contributed by atoms with Crippen LogP contribution in [0.3, 0.4) is 0 Å². The second kappa shape index (κ2) is 5.99. The van der Waals surface area contributed by atoms with Gasteiger partial charge >= 0.3 is 0 Å². The van der Waals surface area contributed by atoms with E-state index in [1.165, 1.54) is 0 Å². The fourth-order valence-electron chi connectivity index (χ4n) is 1.53. The molecule has 2 rings (SSSR count). The smallest absolute Gasteiger partial charge is 0.138 e. The molecule has 108 valence electrons. The van der Waals surface area contributed by atoms with E-state index in [-0.39, 0.29) is 0 Å². The van der Waals surface area contributed by atoms with Crippen LogP contribution in [-0.4, -0.2) is 26.7 Å². The molecule has 0 bridgehead atoms. The van der Waals surface area contributed by atoms with Gasteiger partial charge in [-0.05, 0) is 32.0 Å². The van der Waals surface area contributed by atoms with Crippen LogP contribution >= 0.6 is 23.2 Å². The maximum atomic E-state index is 9.79. The Morgan fingerprint density at radius 3 is 2.70 bits per heavy atom. The highest BCUT2D eigenvalue weighted by atomic mass is 35.5. The average Bonchev–Trinajstić information content (AvgIpc) is 2.80. The molecule has 0 atom stereocenters. The Morgan fingerprint density at radius 1 is 1.35 bits per heavy atom. The first-order valence-corrected chi connectivity index (χ1v) is 6.83. The van der Waals surface area contributed by atoms with Crippen molar-refractivity contribution in [1.29, 1.82) is 0 Å². The van der Waals surface area contributed by atoms with Gasteiger partial charge < -0.3 is 9.84 Å². The third kappa shape index (κ3) is 3.85. The monoisotopic (exact) mass is 315 g/mol. The lowest BCUT2D eigenvalue weighted by molar-refractivity contribution is 0.0737. The Balaban J connectivity index is 1.91. The van der Waals surface area contributed by atoms with Crippen LogP contribution in [0.25, 0.3) is 0 Å². The molecule has 7 heteroatoms. The number of hydrogen-bond acceptors (Lipinski definition) is 4. The lowest BCUT2D eigenvalue weighted by atomic mass is 10.1. The van der Waals surface area contributed by atoms with E-state index in [0.717, 1.165) is 0 Å². The van der Waals surface area contributed by atoms with Crippen LogP contribution < -0.4 is 4.74 Å². The summed E-state index contributed by atoms with van der Waals surface area (Å²) >= 11 is 11.8. The normalized spacial score (nSPS) is 11.7. The third-order valence-corrected chi connectivity index (χ3v) is 3.17. The van der Waals surface area contributed by atoms with Gasteiger partial charge in [0, 0.05) is 5.02 Å². The number of ether oxygens (including phenoxy) is 1. The summed E-state index contributed by atoms with van der Waals surface area (Å²) in [7, 11) is 0. The first kappa shape index (κ1) is 15.1. The topological polar surface area (TPSA) is 60.2 Å². The summed E-state index contributed by atoms with van der Waals surface area (Å²) in [5, 5.41) is 18.6. The molecule has 1 aromatic heterocycles. The molecule has 1 N–H and O–H groups in total. The van der Waals surface area contributed by atoms with E-state index in [1.807, 2.05) is 0 Å². The molecule has 0 aliphatic carbocycles. The van der Waals surface area contributed by atoms with Crippen LogP contribution in [-0.2, 0) is 12.1 Å². The first-order chi connectivity index (χ1) is 9.36. The molecule has 1 aromatic carbocycles. The maximum absolute atomic E-state index is 9.79. The van der Waals surface area contributed by atoms with Crippen LogP contribution in [0.2, 0.25) is 10.0 Å². The summed E-state index contributed by atoms with van der Waals surface area (Å²) in [6.45, 7) is 4.20. The van der Waals surface area contributed by atoms with E-state index in [0.29, 0.717) is 34.6 Å². The SMILES string of the molecule is CC(C)(O)c1cn(CCOc2ccc(Cl)cc2Cl)nn1. The molecule has 0 aliphatic rings. The molecule has 0 saturated carbocycles. The molecular weight excluding hydrogens is 301 g/mol. The van der Waals surface area contributed by atoms with Crippen molar-refractivity contribution >= 4 is 23.2 Å². The van der Waals surface area contributed by atoms with E-state index < -0.39 is 5.60 Å². The van der Waals surface area contributed by atoms with Crippen molar-refractivity contribution < 1.29 is 9.84 Å². The summed E-state index contributed by atoms with van der Waals surface area (Å²) in [6.07, 6.45) is 1.69. The Labute approximate surface area is 127 Å². The quantitative estimate of drug-likeness (QED) is 0.921. The minimum absolute atomic E-state index is 0.385. The van der Waals surface area contributed by atoms with Gasteiger partial charge in [0.1, 0.15) is 23.7 Å². The van der Waals surface area contributed by atoms with Gasteiger partial charge in [-0.25, -0.2) is 4.68 Å². The van der Waals surface area contributed by atoms with Gasteiger partial charge in [-0.3, -0.25) is 0 Å². The summed E-state index contributed by atoms with van der Waals surface area (Å²) in [5.74, 6) is 0.568. The van der Waals surface area contributed by atoms with Crippen LogP contribution in [0.4, 0.5) is 0 Å². The molecule has 0 saturated heterocycles. The molecule has 5 nitrogen and oxygen atoms in total.